The molecule has 0 saturated heterocycles. The summed E-state index contributed by atoms with van der Waals surface area (Å²) in [7, 11) is 1.68. The van der Waals surface area contributed by atoms with Gasteiger partial charge in [-0.1, -0.05) is 12.8 Å². The van der Waals surface area contributed by atoms with Crippen LogP contribution < -0.4 is 10.2 Å². The SMILES string of the molecule is CC(=O)N(C)c1ccc(NC(=O)[C@H]2CCCC[C@H]2C(=O)O)cc1. The monoisotopic (exact) mass is 318 g/mol. The number of benzene rings is 1. The van der Waals surface area contributed by atoms with Crippen molar-refractivity contribution >= 4 is 29.2 Å². The topological polar surface area (TPSA) is 86.7 Å². The van der Waals surface area contributed by atoms with Crippen LogP contribution in [0.5, 0.6) is 0 Å². The van der Waals surface area contributed by atoms with E-state index in [2.05, 4.69) is 5.32 Å². The molecule has 0 radical (unpaired) electrons. The molecule has 0 aliphatic heterocycles. The van der Waals surface area contributed by atoms with Gasteiger partial charge in [-0.15, -0.1) is 0 Å². The predicted molar refractivity (Wildman–Crippen MR) is 87.2 cm³/mol. The number of nitrogens with one attached hydrogen (secondary N) is 1. The highest BCUT2D eigenvalue weighted by Crippen LogP contribution is 2.31. The molecule has 0 unspecified atom stereocenters. The Labute approximate surface area is 135 Å². The number of aliphatic carboxylic acids is 1. The Kier molecular flexibility index (Phi) is 5.36. The third-order valence-corrected chi connectivity index (χ3v) is 4.41. The average Bonchev–Trinajstić information content (AvgIpc) is 2.54. The quantitative estimate of drug-likeness (QED) is 0.893. The molecule has 0 bridgehead atoms. The van der Waals surface area contributed by atoms with Gasteiger partial charge in [0.15, 0.2) is 0 Å². The van der Waals surface area contributed by atoms with Gasteiger partial charge in [0.25, 0.3) is 0 Å². The van der Waals surface area contributed by atoms with Crippen molar-refractivity contribution in [3.63, 3.8) is 0 Å². The minimum absolute atomic E-state index is 0.0757. The number of carbonyl (C=O) groups excluding carboxylic acids is 2. The Hall–Kier alpha value is -2.37. The lowest BCUT2D eigenvalue weighted by Gasteiger charge is -2.27. The lowest BCUT2D eigenvalue weighted by Crippen LogP contribution is -2.36. The van der Waals surface area contributed by atoms with Gasteiger partial charge in [0, 0.05) is 25.3 Å². The third kappa shape index (κ3) is 4.09. The van der Waals surface area contributed by atoms with Crippen LogP contribution in [0.3, 0.4) is 0 Å². The van der Waals surface area contributed by atoms with Gasteiger partial charge in [-0.3, -0.25) is 14.4 Å². The predicted octanol–water partition coefficient (Wildman–Crippen LogP) is 2.50. The van der Waals surface area contributed by atoms with Crippen molar-refractivity contribution < 1.29 is 19.5 Å². The summed E-state index contributed by atoms with van der Waals surface area (Å²) in [5.74, 6) is -2.31. The summed E-state index contributed by atoms with van der Waals surface area (Å²) >= 11 is 0. The van der Waals surface area contributed by atoms with E-state index in [9.17, 15) is 19.5 Å². The largest absolute Gasteiger partial charge is 0.481 e. The number of carboxylic acids is 1. The smallest absolute Gasteiger partial charge is 0.307 e. The summed E-state index contributed by atoms with van der Waals surface area (Å²) < 4.78 is 0. The fourth-order valence-electron chi connectivity index (χ4n) is 2.93. The van der Waals surface area contributed by atoms with E-state index in [1.165, 1.54) is 11.8 Å². The van der Waals surface area contributed by atoms with E-state index < -0.39 is 17.8 Å². The summed E-state index contributed by atoms with van der Waals surface area (Å²) in [5.41, 5.74) is 1.34. The van der Waals surface area contributed by atoms with Crippen molar-refractivity contribution in [2.45, 2.75) is 32.6 Å². The first-order valence-corrected chi connectivity index (χ1v) is 7.78. The van der Waals surface area contributed by atoms with Crippen LogP contribution in [0.15, 0.2) is 24.3 Å². The molecule has 2 rings (SSSR count). The molecule has 1 aliphatic carbocycles. The fourth-order valence-corrected chi connectivity index (χ4v) is 2.93. The standard InChI is InChI=1S/C17H22N2O4/c1-11(20)19(2)13-9-7-12(8-10-13)18-16(21)14-5-3-4-6-15(14)17(22)23/h7-10,14-15H,3-6H2,1-2H3,(H,18,21)(H,22,23)/t14-,15+/m0/s1. The molecular formula is C17H22N2O4. The van der Waals surface area contributed by atoms with Crippen molar-refractivity contribution in [3.05, 3.63) is 24.3 Å². The van der Waals surface area contributed by atoms with Gasteiger partial charge in [0.1, 0.15) is 0 Å². The van der Waals surface area contributed by atoms with Crippen LogP contribution in [0.1, 0.15) is 32.6 Å². The van der Waals surface area contributed by atoms with E-state index >= 15 is 0 Å². The van der Waals surface area contributed by atoms with Gasteiger partial charge in [-0.25, -0.2) is 0 Å². The summed E-state index contributed by atoms with van der Waals surface area (Å²) in [6.45, 7) is 1.48. The van der Waals surface area contributed by atoms with E-state index in [1.54, 1.807) is 31.3 Å². The minimum Gasteiger partial charge on any atom is -0.481 e. The van der Waals surface area contributed by atoms with Crippen LogP contribution >= 0.6 is 0 Å². The normalized spacial score (nSPS) is 20.6. The zero-order valence-corrected chi connectivity index (χ0v) is 13.4. The Morgan fingerprint density at radius 1 is 1.09 bits per heavy atom. The van der Waals surface area contributed by atoms with Crippen LogP contribution in [0, 0.1) is 11.8 Å². The zero-order chi connectivity index (χ0) is 17.0. The molecule has 1 saturated carbocycles. The van der Waals surface area contributed by atoms with Gasteiger partial charge in [-0.2, -0.15) is 0 Å². The van der Waals surface area contributed by atoms with Crippen LogP contribution in [0.4, 0.5) is 11.4 Å². The molecule has 2 amide bonds. The summed E-state index contributed by atoms with van der Waals surface area (Å²) in [5, 5.41) is 12.0. The second-order valence-corrected chi connectivity index (χ2v) is 5.95. The second kappa shape index (κ2) is 7.26. The maximum Gasteiger partial charge on any atom is 0.307 e. The molecule has 0 heterocycles. The van der Waals surface area contributed by atoms with Gasteiger partial charge < -0.3 is 15.3 Å². The summed E-state index contributed by atoms with van der Waals surface area (Å²) in [6, 6.07) is 6.91. The Bertz CT molecular complexity index is 597. The number of amides is 2. The molecule has 23 heavy (non-hydrogen) atoms. The average molecular weight is 318 g/mol. The molecule has 0 spiro atoms. The second-order valence-electron chi connectivity index (χ2n) is 5.95. The fraction of sp³-hybridized carbons (Fsp3) is 0.471. The number of hydrogen-bond donors (Lipinski definition) is 2. The molecule has 124 valence electrons. The highest BCUT2D eigenvalue weighted by Gasteiger charge is 2.35. The van der Waals surface area contributed by atoms with E-state index in [1.807, 2.05) is 0 Å². The van der Waals surface area contributed by atoms with Gasteiger partial charge in [0.05, 0.1) is 11.8 Å². The van der Waals surface area contributed by atoms with E-state index in [-0.39, 0.29) is 11.8 Å². The van der Waals surface area contributed by atoms with Crippen molar-refractivity contribution in [1.29, 1.82) is 0 Å². The van der Waals surface area contributed by atoms with Crippen LogP contribution in [0.2, 0.25) is 0 Å². The minimum atomic E-state index is -0.900. The first kappa shape index (κ1) is 17.0. The first-order valence-electron chi connectivity index (χ1n) is 7.78. The molecule has 6 nitrogen and oxygen atoms in total. The molecule has 1 aliphatic rings. The number of hydrogen-bond acceptors (Lipinski definition) is 3. The van der Waals surface area contributed by atoms with Gasteiger partial charge in [0.2, 0.25) is 11.8 Å². The van der Waals surface area contributed by atoms with Gasteiger partial charge >= 0.3 is 5.97 Å². The summed E-state index contributed by atoms with van der Waals surface area (Å²) in [6.07, 6.45) is 2.89. The number of carbonyl (C=O) groups is 3. The number of rotatable bonds is 4. The molecule has 1 fully saturated rings. The van der Waals surface area contributed by atoms with E-state index in [0.717, 1.165) is 18.5 Å². The number of anilines is 2. The van der Waals surface area contributed by atoms with Crippen LogP contribution in [-0.2, 0) is 14.4 Å². The Balaban J connectivity index is 2.04. The molecule has 2 N–H and O–H groups in total. The van der Waals surface area contributed by atoms with Crippen LogP contribution in [-0.4, -0.2) is 29.9 Å². The van der Waals surface area contributed by atoms with E-state index in [4.69, 9.17) is 0 Å². The van der Waals surface area contributed by atoms with E-state index in [0.29, 0.717) is 18.5 Å². The number of carboxylic acid groups (broad SMARTS) is 1. The molecule has 0 aromatic heterocycles. The van der Waals surface area contributed by atoms with Gasteiger partial charge in [-0.05, 0) is 37.1 Å². The zero-order valence-electron chi connectivity index (χ0n) is 13.4. The maximum absolute atomic E-state index is 12.4. The molecule has 1 aromatic carbocycles. The summed E-state index contributed by atoms with van der Waals surface area (Å²) in [4.78, 5) is 36.5. The Morgan fingerprint density at radius 3 is 2.17 bits per heavy atom. The lowest BCUT2D eigenvalue weighted by molar-refractivity contribution is -0.147. The number of nitrogens with zero attached hydrogens (tertiary/aromatic N) is 1. The van der Waals surface area contributed by atoms with Crippen molar-refractivity contribution in [1.82, 2.24) is 0 Å². The third-order valence-electron chi connectivity index (χ3n) is 4.41. The van der Waals surface area contributed by atoms with Crippen molar-refractivity contribution in [2.24, 2.45) is 11.8 Å². The highest BCUT2D eigenvalue weighted by molar-refractivity contribution is 5.96. The molecule has 6 heteroatoms. The molecular weight excluding hydrogens is 296 g/mol. The molecule has 2 atom stereocenters. The molecule has 1 aromatic rings. The van der Waals surface area contributed by atoms with Crippen molar-refractivity contribution in [3.8, 4) is 0 Å². The van der Waals surface area contributed by atoms with Crippen LogP contribution in [0.25, 0.3) is 0 Å². The maximum atomic E-state index is 12.4. The first-order chi connectivity index (χ1) is 10.9. The van der Waals surface area contributed by atoms with Crippen molar-refractivity contribution in [2.75, 3.05) is 17.3 Å². The lowest BCUT2D eigenvalue weighted by atomic mass is 9.78. The Morgan fingerprint density at radius 2 is 1.65 bits per heavy atom. The highest BCUT2D eigenvalue weighted by atomic mass is 16.4.